The first kappa shape index (κ1) is 31.3. The van der Waals surface area contributed by atoms with E-state index < -0.39 is 66.2 Å². The van der Waals surface area contributed by atoms with Gasteiger partial charge >= 0.3 is 11.9 Å². The summed E-state index contributed by atoms with van der Waals surface area (Å²) < 4.78 is 0. The first-order valence-corrected chi connectivity index (χ1v) is 11.9. The molecule has 0 aromatic heterocycles. The number of carbonyl (C=O) groups is 5. The predicted octanol–water partition coefficient (Wildman–Crippen LogP) is -0.939. The molecule has 0 saturated carbocycles. The van der Waals surface area contributed by atoms with E-state index in [-0.39, 0.29) is 12.2 Å². The number of carboxylic acids is 2. The lowest BCUT2D eigenvalue weighted by molar-refractivity contribution is -0.144. The Balaban J connectivity index is 3.11. The largest absolute Gasteiger partial charge is 0.508 e. The zero-order chi connectivity index (χ0) is 28.1. The van der Waals surface area contributed by atoms with Crippen LogP contribution in [0.2, 0.25) is 0 Å². The number of aliphatic carboxylic acids is 2. The highest BCUT2D eigenvalue weighted by Gasteiger charge is 2.32. The van der Waals surface area contributed by atoms with Gasteiger partial charge in [-0.05, 0) is 43.0 Å². The van der Waals surface area contributed by atoms with Gasteiger partial charge in [-0.15, -0.1) is 0 Å². The Hall–Kier alpha value is -3.71. The molecule has 1 aromatic carbocycles. The van der Waals surface area contributed by atoms with Crippen molar-refractivity contribution in [2.75, 3.05) is 6.54 Å². The van der Waals surface area contributed by atoms with E-state index in [2.05, 4.69) is 16.0 Å². The van der Waals surface area contributed by atoms with E-state index in [0.29, 0.717) is 31.4 Å². The number of nitrogens with one attached hydrogen (secondary N) is 3. The summed E-state index contributed by atoms with van der Waals surface area (Å²) in [6, 6.07) is 0.758. The van der Waals surface area contributed by atoms with Crippen molar-refractivity contribution in [1.82, 2.24) is 16.0 Å². The summed E-state index contributed by atoms with van der Waals surface area (Å²) >= 11 is 0. The van der Waals surface area contributed by atoms with Crippen LogP contribution in [0.15, 0.2) is 24.3 Å². The Morgan fingerprint density at radius 2 is 1.43 bits per heavy atom. The van der Waals surface area contributed by atoms with Gasteiger partial charge in [-0.2, -0.15) is 0 Å². The zero-order valence-electron chi connectivity index (χ0n) is 21.0. The fraction of sp³-hybridized carbons (Fsp3) is 0.542. The van der Waals surface area contributed by atoms with E-state index in [9.17, 15) is 39.3 Å². The lowest BCUT2D eigenvalue weighted by atomic mass is 10.0. The molecule has 206 valence electrons. The smallest absolute Gasteiger partial charge is 0.326 e. The molecule has 0 aliphatic rings. The number of rotatable bonds is 16. The second-order valence-electron chi connectivity index (χ2n) is 9.05. The van der Waals surface area contributed by atoms with Crippen LogP contribution in [-0.4, -0.2) is 75.7 Å². The van der Waals surface area contributed by atoms with Crippen LogP contribution < -0.4 is 27.4 Å². The molecule has 0 saturated heterocycles. The minimum Gasteiger partial charge on any atom is -0.508 e. The van der Waals surface area contributed by atoms with Gasteiger partial charge in [0.1, 0.15) is 23.9 Å². The van der Waals surface area contributed by atoms with Crippen LogP contribution in [0.25, 0.3) is 0 Å². The third-order valence-corrected chi connectivity index (χ3v) is 5.56. The molecule has 37 heavy (non-hydrogen) atoms. The molecular weight excluding hydrogens is 486 g/mol. The number of carbonyl (C=O) groups excluding carboxylic acids is 3. The van der Waals surface area contributed by atoms with Crippen LogP contribution >= 0.6 is 0 Å². The minimum absolute atomic E-state index is 0.00737. The Morgan fingerprint density at radius 3 is 1.95 bits per heavy atom. The topological polar surface area (TPSA) is 234 Å². The van der Waals surface area contributed by atoms with Gasteiger partial charge in [-0.25, -0.2) is 4.79 Å². The van der Waals surface area contributed by atoms with Crippen LogP contribution in [0.4, 0.5) is 0 Å². The second kappa shape index (κ2) is 15.4. The van der Waals surface area contributed by atoms with Crippen molar-refractivity contribution >= 4 is 29.7 Å². The third kappa shape index (κ3) is 11.3. The minimum atomic E-state index is -1.61. The molecule has 13 nitrogen and oxygen atoms in total. The summed E-state index contributed by atoms with van der Waals surface area (Å²) in [5.74, 6) is -5.72. The number of carboxylic acid groups (broad SMARTS) is 2. The summed E-state index contributed by atoms with van der Waals surface area (Å²) in [4.78, 5) is 61.4. The predicted molar refractivity (Wildman–Crippen MR) is 133 cm³/mol. The number of hydrogen-bond donors (Lipinski definition) is 8. The Bertz CT molecular complexity index is 938. The maximum absolute atomic E-state index is 13.2. The zero-order valence-corrected chi connectivity index (χ0v) is 21.0. The molecule has 0 aliphatic carbocycles. The summed E-state index contributed by atoms with van der Waals surface area (Å²) in [6.07, 6.45) is 0.713. The van der Waals surface area contributed by atoms with Crippen molar-refractivity contribution in [3.63, 3.8) is 0 Å². The maximum atomic E-state index is 13.2. The maximum Gasteiger partial charge on any atom is 0.326 e. The molecule has 0 fully saturated rings. The van der Waals surface area contributed by atoms with E-state index >= 15 is 0 Å². The Morgan fingerprint density at radius 1 is 0.865 bits per heavy atom. The molecule has 3 amide bonds. The molecule has 1 rings (SSSR count). The number of phenolic OH excluding ortho intramolecular Hbond substituents is 1. The van der Waals surface area contributed by atoms with Crippen LogP contribution in [0.3, 0.4) is 0 Å². The first-order chi connectivity index (χ1) is 17.3. The van der Waals surface area contributed by atoms with E-state index in [4.69, 9.17) is 11.5 Å². The van der Waals surface area contributed by atoms with Gasteiger partial charge in [0, 0.05) is 6.42 Å². The van der Waals surface area contributed by atoms with Gasteiger partial charge in [0.15, 0.2) is 0 Å². The first-order valence-electron chi connectivity index (χ1n) is 11.9. The van der Waals surface area contributed by atoms with Crippen molar-refractivity contribution in [3.05, 3.63) is 29.8 Å². The lowest BCUT2D eigenvalue weighted by Gasteiger charge is -2.25. The number of nitrogens with two attached hydrogens (primary N) is 2. The molecule has 10 N–H and O–H groups in total. The van der Waals surface area contributed by atoms with E-state index in [1.54, 1.807) is 13.8 Å². The van der Waals surface area contributed by atoms with Crippen LogP contribution in [0.1, 0.15) is 45.1 Å². The van der Waals surface area contributed by atoms with Gasteiger partial charge in [-0.3, -0.25) is 19.2 Å². The van der Waals surface area contributed by atoms with E-state index in [1.165, 1.54) is 24.3 Å². The molecule has 13 heteroatoms. The number of benzene rings is 1. The van der Waals surface area contributed by atoms with Crippen molar-refractivity contribution < 1.29 is 39.3 Å². The lowest BCUT2D eigenvalue weighted by Crippen LogP contribution is -2.58. The normalized spacial score (nSPS) is 14.2. The highest BCUT2D eigenvalue weighted by Crippen LogP contribution is 2.12. The highest BCUT2D eigenvalue weighted by molar-refractivity contribution is 5.95. The summed E-state index contributed by atoms with van der Waals surface area (Å²) in [5.41, 5.74) is 11.9. The van der Waals surface area contributed by atoms with Gasteiger partial charge in [0.2, 0.25) is 17.7 Å². The van der Waals surface area contributed by atoms with E-state index in [0.717, 1.165) is 0 Å². The molecule has 0 radical (unpaired) electrons. The number of aromatic hydroxyl groups is 1. The standard InChI is InChI=1S/C24H37N5O8/c1-13(2)20(24(36)37)29-23(35)18(12-19(31)32)28-22(34)17(11-14-6-8-15(30)9-7-14)27-21(33)16(26)5-3-4-10-25/h6-9,13,16-18,20,30H,3-5,10-12,25-26H2,1-2H3,(H,27,33)(H,28,34)(H,29,35)(H,31,32)(H,36,37). The fourth-order valence-corrected chi connectivity index (χ4v) is 3.42. The van der Waals surface area contributed by atoms with Gasteiger partial charge < -0.3 is 42.7 Å². The summed E-state index contributed by atoms with van der Waals surface area (Å²) in [6.45, 7) is 3.56. The van der Waals surface area contributed by atoms with Gasteiger partial charge in [-0.1, -0.05) is 32.4 Å². The molecule has 4 atom stereocenters. The van der Waals surface area contributed by atoms with Crippen molar-refractivity contribution in [2.45, 2.75) is 70.1 Å². The Labute approximate surface area is 215 Å². The Kier molecular flexibility index (Phi) is 13.0. The molecule has 0 heterocycles. The monoisotopic (exact) mass is 523 g/mol. The molecule has 0 aliphatic heterocycles. The average molecular weight is 524 g/mol. The fourth-order valence-electron chi connectivity index (χ4n) is 3.42. The molecule has 1 aromatic rings. The number of amides is 3. The number of hydrogen-bond acceptors (Lipinski definition) is 8. The van der Waals surface area contributed by atoms with Gasteiger partial charge in [0.05, 0.1) is 12.5 Å². The van der Waals surface area contributed by atoms with Crippen molar-refractivity contribution in [2.24, 2.45) is 17.4 Å². The molecule has 4 unspecified atom stereocenters. The van der Waals surface area contributed by atoms with Crippen molar-refractivity contribution in [1.29, 1.82) is 0 Å². The number of unbranched alkanes of at least 4 members (excludes halogenated alkanes) is 1. The van der Waals surface area contributed by atoms with Gasteiger partial charge in [0.25, 0.3) is 0 Å². The van der Waals surface area contributed by atoms with Crippen LogP contribution in [0.5, 0.6) is 5.75 Å². The summed E-state index contributed by atoms with van der Waals surface area (Å²) in [7, 11) is 0. The highest BCUT2D eigenvalue weighted by atomic mass is 16.4. The SMILES string of the molecule is CC(C)C(NC(=O)C(CC(=O)O)NC(=O)C(Cc1ccc(O)cc1)NC(=O)C(N)CCCCN)C(=O)O. The van der Waals surface area contributed by atoms with Crippen LogP contribution in [0, 0.1) is 5.92 Å². The van der Waals surface area contributed by atoms with Crippen molar-refractivity contribution in [3.8, 4) is 5.75 Å². The summed E-state index contributed by atoms with van der Waals surface area (Å²) in [5, 5.41) is 35.2. The van der Waals surface area contributed by atoms with E-state index in [1.807, 2.05) is 0 Å². The molecule has 0 spiro atoms. The third-order valence-electron chi connectivity index (χ3n) is 5.56. The van der Waals surface area contributed by atoms with Crippen LogP contribution in [-0.2, 0) is 30.4 Å². The molecular formula is C24H37N5O8. The average Bonchev–Trinajstić information content (AvgIpc) is 2.82. The number of phenols is 1. The molecule has 0 bridgehead atoms. The second-order valence-corrected chi connectivity index (χ2v) is 9.05. The quantitative estimate of drug-likeness (QED) is 0.124.